The molecular formula is C27H37N3O5S. The fraction of sp³-hybridized carbons (Fsp3) is 0.481. The van der Waals surface area contributed by atoms with Gasteiger partial charge in [-0.1, -0.05) is 43.2 Å². The lowest BCUT2D eigenvalue weighted by molar-refractivity contribution is -0.141. The van der Waals surface area contributed by atoms with E-state index >= 15 is 0 Å². The average molecular weight is 516 g/mol. The highest BCUT2D eigenvalue weighted by Crippen LogP contribution is 2.23. The molecule has 196 valence electrons. The Morgan fingerprint density at radius 3 is 2.28 bits per heavy atom. The summed E-state index contributed by atoms with van der Waals surface area (Å²) >= 11 is 0. The summed E-state index contributed by atoms with van der Waals surface area (Å²) in [6, 6.07) is 15.9. The summed E-state index contributed by atoms with van der Waals surface area (Å²) in [5.74, 6) is 0.294. The summed E-state index contributed by atoms with van der Waals surface area (Å²) in [7, 11) is -2.00. The van der Waals surface area contributed by atoms with Crippen molar-refractivity contribution in [2.24, 2.45) is 0 Å². The summed E-state index contributed by atoms with van der Waals surface area (Å²) in [5.41, 5.74) is 1.44. The lowest BCUT2D eigenvalue weighted by Crippen LogP contribution is -2.49. The maximum atomic E-state index is 13.3. The normalized spacial score (nSPS) is 14.8. The predicted octanol–water partition coefficient (Wildman–Crippen LogP) is 3.72. The van der Waals surface area contributed by atoms with E-state index in [1.807, 2.05) is 30.3 Å². The maximum Gasteiger partial charge on any atom is 0.242 e. The van der Waals surface area contributed by atoms with Gasteiger partial charge in [-0.3, -0.25) is 13.9 Å². The number of amides is 2. The van der Waals surface area contributed by atoms with Crippen LogP contribution in [0.5, 0.6) is 5.75 Å². The van der Waals surface area contributed by atoms with Gasteiger partial charge in [-0.25, -0.2) is 8.42 Å². The summed E-state index contributed by atoms with van der Waals surface area (Å²) in [6.45, 7) is 2.22. The van der Waals surface area contributed by atoms with Gasteiger partial charge in [-0.15, -0.1) is 0 Å². The molecule has 1 aliphatic carbocycles. The molecule has 0 radical (unpaired) electrons. The van der Waals surface area contributed by atoms with Gasteiger partial charge < -0.3 is 15.0 Å². The second kappa shape index (κ2) is 12.8. The van der Waals surface area contributed by atoms with Gasteiger partial charge in [0.05, 0.1) is 19.1 Å². The van der Waals surface area contributed by atoms with Crippen molar-refractivity contribution in [1.82, 2.24) is 10.2 Å². The quantitative estimate of drug-likeness (QED) is 0.465. The van der Waals surface area contributed by atoms with Crippen molar-refractivity contribution in [2.75, 3.05) is 24.2 Å². The topological polar surface area (TPSA) is 96.0 Å². The van der Waals surface area contributed by atoms with E-state index in [0.29, 0.717) is 24.4 Å². The monoisotopic (exact) mass is 515 g/mol. The molecule has 8 nitrogen and oxygen atoms in total. The number of hydrogen-bond acceptors (Lipinski definition) is 5. The van der Waals surface area contributed by atoms with Gasteiger partial charge in [-0.05, 0) is 56.0 Å². The molecular weight excluding hydrogens is 478 g/mol. The first kappa shape index (κ1) is 27.5. The molecule has 2 amide bonds. The summed E-state index contributed by atoms with van der Waals surface area (Å²) in [4.78, 5) is 27.9. The van der Waals surface area contributed by atoms with Crippen molar-refractivity contribution < 1.29 is 22.7 Å². The van der Waals surface area contributed by atoms with E-state index in [9.17, 15) is 18.0 Å². The van der Waals surface area contributed by atoms with Gasteiger partial charge >= 0.3 is 0 Å². The number of hydrogen-bond donors (Lipinski definition) is 1. The Morgan fingerprint density at radius 2 is 1.69 bits per heavy atom. The smallest absolute Gasteiger partial charge is 0.242 e. The minimum Gasteiger partial charge on any atom is -0.497 e. The zero-order valence-electron chi connectivity index (χ0n) is 21.4. The van der Waals surface area contributed by atoms with Crippen LogP contribution in [-0.2, 0) is 26.2 Å². The van der Waals surface area contributed by atoms with E-state index in [0.717, 1.165) is 37.5 Å². The van der Waals surface area contributed by atoms with Gasteiger partial charge in [0.15, 0.2) is 0 Å². The largest absolute Gasteiger partial charge is 0.497 e. The van der Waals surface area contributed by atoms with E-state index in [2.05, 4.69) is 5.32 Å². The molecule has 2 aromatic carbocycles. The highest BCUT2D eigenvalue weighted by atomic mass is 32.2. The Labute approximate surface area is 214 Å². The number of sulfonamides is 1. The summed E-state index contributed by atoms with van der Waals surface area (Å²) in [6.07, 6.45) is 5.75. The zero-order valence-corrected chi connectivity index (χ0v) is 22.2. The number of nitrogens with zero attached hydrogens (tertiary/aromatic N) is 2. The average Bonchev–Trinajstić information content (AvgIpc) is 3.37. The first-order valence-corrected chi connectivity index (χ1v) is 14.3. The Kier molecular flexibility index (Phi) is 9.75. The van der Waals surface area contributed by atoms with Crippen molar-refractivity contribution in [3.63, 3.8) is 0 Å². The third kappa shape index (κ3) is 7.71. The minimum absolute atomic E-state index is 0.121. The molecule has 1 aliphatic rings. The van der Waals surface area contributed by atoms with E-state index in [1.165, 1.54) is 4.31 Å². The molecule has 0 aromatic heterocycles. The number of ether oxygens (including phenoxy) is 1. The van der Waals surface area contributed by atoms with Crippen LogP contribution in [0.15, 0.2) is 54.6 Å². The first-order chi connectivity index (χ1) is 17.2. The van der Waals surface area contributed by atoms with Gasteiger partial charge in [0, 0.05) is 25.6 Å². The Bertz CT molecular complexity index is 1100. The number of anilines is 1. The molecule has 36 heavy (non-hydrogen) atoms. The third-order valence-electron chi connectivity index (χ3n) is 6.58. The highest BCUT2D eigenvalue weighted by molar-refractivity contribution is 7.92. The van der Waals surface area contributed by atoms with Crippen LogP contribution in [-0.4, -0.2) is 57.1 Å². The van der Waals surface area contributed by atoms with Crippen LogP contribution in [0.4, 0.5) is 5.69 Å². The summed E-state index contributed by atoms with van der Waals surface area (Å²) in [5, 5.41) is 3.09. The van der Waals surface area contributed by atoms with Crippen molar-refractivity contribution >= 4 is 27.5 Å². The van der Waals surface area contributed by atoms with Gasteiger partial charge in [0.2, 0.25) is 21.8 Å². The predicted molar refractivity (Wildman–Crippen MR) is 141 cm³/mol. The van der Waals surface area contributed by atoms with E-state index in [1.54, 1.807) is 43.2 Å². The minimum atomic E-state index is -3.54. The van der Waals surface area contributed by atoms with Crippen LogP contribution < -0.4 is 14.4 Å². The van der Waals surface area contributed by atoms with Gasteiger partial charge in [-0.2, -0.15) is 0 Å². The molecule has 2 aromatic rings. The molecule has 0 aliphatic heterocycles. The standard InChI is InChI=1S/C27H37N3O5S/c1-21(27(32)28-23-12-7-8-13-23)29(20-22-10-5-4-6-11-22)26(31)14-9-19-30(36(3,33)34)24-15-17-25(35-2)18-16-24/h4-6,10-11,15-18,21,23H,7-9,12-14,19-20H2,1-3H3,(H,28,32)/t21-/m0/s1. The van der Waals surface area contributed by atoms with Crippen LogP contribution in [0.25, 0.3) is 0 Å². The second-order valence-electron chi connectivity index (χ2n) is 9.31. The molecule has 0 heterocycles. The Morgan fingerprint density at radius 1 is 1.06 bits per heavy atom. The van der Waals surface area contributed by atoms with E-state index in [4.69, 9.17) is 4.74 Å². The molecule has 1 saturated carbocycles. The molecule has 0 saturated heterocycles. The molecule has 1 atom stereocenters. The molecule has 1 N–H and O–H groups in total. The highest BCUT2D eigenvalue weighted by Gasteiger charge is 2.28. The van der Waals surface area contributed by atoms with Gasteiger partial charge in [0.1, 0.15) is 11.8 Å². The first-order valence-electron chi connectivity index (χ1n) is 12.4. The van der Waals surface area contributed by atoms with Crippen LogP contribution in [0.1, 0.15) is 51.0 Å². The number of carbonyl (C=O) groups is 2. The van der Waals surface area contributed by atoms with Crippen LogP contribution in [0, 0.1) is 0 Å². The molecule has 0 unspecified atom stereocenters. The third-order valence-corrected chi connectivity index (χ3v) is 7.77. The van der Waals surface area contributed by atoms with Crippen LogP contribution in [0.3, 0.4) is 0 Å². The maximum absolute atomic E-state index is 13.3. The van der Waals surface area contributed by atoms with Crippen molar-refractivity contribution in [1.29, 1.82) is 0 Å². The van der Waals surface area contributed by atoms with Gasteiger partial charge in [0.25, 0.3) is 0 Å². The zero-order chi connectivity index (χ0) is 26.1. The Balaban J connectivity index is 1.68. The molecule has 0 spiro atoms. The fourth-order valence-electron chi connectivity index (χ4n) is 4.51. The Hall–Kier alpha value is -3.07. The second-order valence-corrected chi connectivity index (χ2v) is 11.2. The van der Waals surface area contributed by atoms with Crippen LogP contribution >= 0.6 is 0 Å². The molecule has 9 heteroatoms. The van der Waals surface area contributed by atoms with Crippen molar-refractivity contribution in [3.8, 4) is 5.75 Å². The number of carbonyl (C=O) groups excluding carboxylic acids is 2. The number of nitrogens with one attached hydrogen (secondary N) is 1. The van der Waals surface area contributed by atoms with Crippen molar-refractivity contribution in [2.45, 2.75) is 64.1 Å². The fourth-order valence-corrected chi connectivity index (χ4v) is 5.47. The molecule has 0 bridgehead atoms. The van der Waals surface area contributed by atoms with Crippen LogP contribution in [0.2, 0.25) is 0 Å². The number of rotatable bonds is 12. The summed E-state index contributed by atoms with van der Waals surface area (Å²) < 4.78 is 31.3. The SMILES string of the molecule is COc1ccc(N(CCCC(=O)N(Cc2ccccc2)[C@@H](C)C(=O)NC2CCCC2)S(C)(=O)=O)cc1. The van der Waals surface area contributed by atoms with Crippen molar-refractivity contribution in [3.05, 3.63) is 60.2 Å². The van der Waals surface area contributed by atoms with E-state index in [-0.39, 0.29) is 30.8 Å². The number of methoxy groups -OCH3 is 1. The lowest BCUT2D eigenvalue weighted by atomic mass is 10.1. The lowest BCUT2D eigenvalue weighted by Gasteiger charge is -2.30. The number of benzene rings is 2. The molecule has 3 rings (SSSR count). The molecule has 1 fully saturated rings. The van der Waals surface area contributed by atoms with E-state index < -0.39 is 16.1 Å².